The molecular formula is C17H16F4N4O2S. The number of halogens is 4. The van der Waals surface area contributed by atoms with Crippen LogP contribution in [-0.4, -0.2) is 59.8 Å². The molecule has 0 saturated carbocycles. The summed E-state index contributed by atoms with van der Waals surface area (Å²) in [6.07, 6.45) is 1.18. The predicted molar refractivity (Wildman–Crippen MR) is 93.3 cm³/mol. The van der Waals surface area contributed by atoms with Crippen LogP contribution >= 0.6 is 11.3 Å². The van der Waals surface area contributed by atoms with Crippen molar-refractivity contribution < 1.29 is 27.1 Å². The SMILES string of the molecule is O=C1N[C@@H]([C@@H]2CC(F)(F)CO2)CN2CC(F)(F)Cc3c(-c4cn[nH]c4)sc1c32. The van der Waals surface area contributed by atoms with Gasteiger partial charge in [0, 0.05) is 41.6 Å². The zero-order valence-corrected chi connectivity index (χ0v) is 15.3. The first-order valence-electron chi connectivity index (χ1n) is 8.80. The summed E-state index contributed by atoms with van der Waals surface area (Å²) in [7, 11) is 0. The summed E-state index contributed by atoms with van der Waals surface area (Å²) in [5.41, 5.74) is 1.50. The molecule has 5 rings (SSSR count). The third kappa shape index (κ3) is 2.87. The van der Waals surface area contributed by atoms with Crippen LogP contribution in [0.1, 0.15) is 21.7 Å². The Balaban J connectivity index is 1.56. The minimum atomic E-state index is -3.00. The van der Waals surface area contributed by atoms with E-state index in [-0.39, 0.29) is 6.54 Å². The first-order chi connectivity index (χ1) is 13.2. The molecule has 1 fully saturated rings. The van der Waals surface area contributed by atoms with Crippen molar-refractivity contribution >= 4 is 22.9 Å². The number of ether oxygens (including phenoxy) is 1. The standard InChI is InChI=1S/C17H16F4N4O2S/c18-16(19)1-9-12-14(28-13(9)8-3-22-23-4-8)15(26)24-10(5-25(12)6-16)11-2-17(20,21)7-27-11/h3-4,10-11H,1-2,5-7H2,(H,22,23)(H,24,26)/t10-,11+/m1/s1. The van der Waals surface area contributed by atoms with Gasteiger partial charge in [0.15, 0.2) is 0 Å². The van der Waals surface area contributed by atoms with Crippen molar-refractivity contribution in [3.05, 3.63) is 22.8 Å². The highest BCUT2D eigenvalue weighted by molar-refractivity contribution is 7.18. The van der Waals surface area contributed by atoms with Crippen LogP contribution in [0.25, 0.3) is 10.4 Å². The van der Waals surface area contributed by atoms with E-state index in [4.69, 9.17) is 4.74 Å². The monoisotopic (exact) mass is 416 g/mol. The lowest BCUT2D eigenvalue weighted by atomic mass is 9.97. The molecule has 28 heavy (non-hydrogen) atoms. The number of anilines is 1. The molecule has 0 radical (unpaired) electrons. The number of hydrogen-bond donors (Lipinski definition) is 2. The van der Waals surface area contributed by atoms with E-state index in [2.05, 4.69) is 15.5 Å². The average molecular weight is 416 g/mol. The number of rotatable bonds is 2. The number of carbonyl (C=O) groups excluding carboxylic acids is 1. The fourth-order valence-electron chi connectivity index (χ4n) is 4.17. The minimum absolute atomic E-state index is 0.0103. The van der Waals surface area contributed by atoms with Gasteiger partial charge in [-0.3, -0.25) is 9.89 Å². The molecule has 0 spiro atoms. The predicted octanol–water partition coefficient (Wildman–Crippen LogP) is 2.67. The van der Waals surface area contributed by atoms with Crippen LogP contribution in [0.2, 0.25) is 0 Å². The van der Waals surface area contributed by atoms with Crippen LogP contribution < -0.4 is 10.2 Å². The highest BCUT2D eigenvalue weighted by atomic mass is 32.1. The van der Waals surface area contributed by atoms with Crippen molar-refractivity contribution in [2.45, 2.75) is 36.8 Å². The van der Waals surface area contributed by atoms with Gasteiger partial charge in [-0.2, -0.15) is 5.10 Å². The molecule has 2 aromatic heterocycles. The molecule has 150 valence electrons. The van der Waals surface area contributed by atoms with E-state index in [1.807, 2.05) is 0 Å². The van der Waals surface area contributed by atoms with Crippen LogP contribution in [0, 0.1) is 0 Å². The second-order valence-corrected chi connectivity index (χ2v) is 8.50. The number of nitrogens with zero attached hydrogens (tertiary/aromatic N) is 2. The molecule has 6 nitrogen and oxygen atoms in total. The van der Waals surface area contributed by atoms with Gasteiger partial charge in [-0.1, -0.05) is 0 Å². The van der Waals surface area contributed by atoms with Gasteiger partial charge in [0.1, 0.15) is 11.5 Å². The third-order valence-electron chi connectivity index (χ3n) is 5.31. The molecule has 3 aliphatic heterocycles. The second-order valence-electron chi connectivity index (χ2n) is 7.48. The summed E-state index contributed by atoms with van der Waals surface area (Å²) >= 11 is 1.12. The van der Waals surface area contributed by atoms with Gasteiger partial charge >= 0.3 is 0 Å². The molecule has 11 heteroatoms. The normalized spacial score (nSPS) is 28.0. The maximum absolute atomic E-state index is 14.5. The number of alkyl halides is 4. The Morgan fingerprint density at radius 2 is 2.07 bits per heavy atom. The first kappa shape index (κ1) is 17.9. The Morgan fingerprint density at radius 3 is 2.75 bits per heavy atom. The van der Waals surface area contributed by atoms with Gasteiger partial charge in [-0.05, 0) is 0 Å². The molecule has 0 unspecified atom stereocenters. The van der Waals surface area contributed by atoms with E-state index in [0.717, 1.165) is 11.3 Å². The lowest BCUT2D eigenvalue weighted by Gasteiger charge is -2.36. The molecule has 0 aromatic carbocycles. The van der Waals surface area contributed by atoms with Crippen LogP contribution in [0.5, 0.6) is 0 Å². The fraction of sp³-hybridized carbons (Fsp3) is 0.529. The quantitative estimate of drug-likeness (QED) is 0.739. The van der Waals surface area contributed by atoms with Gasteiger partial charge in [-0.25, -0.2) is 17.6 Å². The van der Waals surface area contributed by atoms with Crippen LogP contribution in [0.3, 0.4) is 0 Å². The molecule has 5 heterocycles. The van der Waals surface area contributed by atoms with Gasteiger partial charge in [-0.15, -0.1) is 11.3 Å². The number of amides is 1. The van der Waals surface area contributed by atoms with Gasteiger partial charge < -0.3 is 15.0 Å². The number of aromatic nitrogens is 2. The lowest BCUT2D eigenvalue weighted by Crippen LogP contribution is -2.51. The van der Waals surface area contributed by atoms with Crippen molar-refractivity contribution in [3.8, 4) is 10.4 Å². The van der Waals surface area contributed by atoms with Crippen molar-refractivity contribution in [1.29, 1.82) is 0 Å². The third-order valence-corrected chi connectivity index (χ3v) is 6.58. The highest BCUT2D eigenvalue weighted by Gasteiger charge is 2.49. The van der Waals surface area contributed by atoms with Crippen LogP contribution in [0.15, 0.2) is 12.4 Å². The van der Waals surface area contributed by atoms with E-state index in [1.165, 1.54) is 11.1 Å². The number of nitrogens with one attached hydrogen (secondary N) is 2. The lowest BCUT2D eigenvalue weighted by molar-refractivity contribution is -0.0114. The molecular weight excluding hydrogens is 400 g/mol. The van der Waals surface area contributed by atoms with E-state index >= 15 is 0 Å². The molecule has 1 saturated heterocycles. The Hall–Kier alpha value is -2.14. The number of carbonyl (C=O) groups is 1. The van der Waals surface area contributed by atoms with Gasteiger partial charge in [0.2, 0.25) is 0 Å². The molecule has 3 aliphatic rings. The zero-order chi connectivity index (χ0) is 19.7. The van der Waals surface area contributed by atoms with E-state index in [1.54, 1.807) is 6.20 Å². The largest absolute Gasteiger partial charge is 0.370 e. The van der Waals surface area contributed by atoms with Crippen LogP contribution in [0.4, 0.5) is 23.2 Å². The van der Waals surface area contributed by atoms with E-state index < -0.39 is 55.9 Å². The smallest absolute Gasteiger partial charge is 0.273 e. The second kappa shape index (κ2) is 5.93. The van der Waals surface area contributed by atoms with Crippen molar-refractivity contribution in [2.24, 2.45) is 0 Å². The average Bonchev–Trinajstić information content (AvgIpc) is 3.29. The Kier molecular flexibility index (Phi) is 3.80. The summed E-state index contributed by atoms with van der Waals surface area (Å²) < 4.78 is 61.3. The Labute approximate surface area is 160 Å². The highest BCUT2D eigenvalue weighted by Crippen LogP contribution is 2.48. The molecule has 0 bridgehead atoms. The summed E-state index contributed by atoms with van der Waals surface area (Å²) in [5.74, 6) is -6.42. The molecule has 2 aromatic rings. The summed E-state index contributed by atoms with van der Waals surface area (Å²) in [6, 6.07) is -0.792. The summed E-state index contributed by atoms with van der Waals surface area (Å²) in [6.45, 7) is -1.30. The number of thiophene rings is 1. The van der Waals surface area contributed by atoms with Crippen molar-refractivity contribution in [2.75, 3.05) is 24.6 Å². The molecule has 2 atom stereocenters. The van der Waals surface area contributed by atoms with E-state index in [9.17, 15) is 22.4 Å². The first-order valence-corrected chi connectivity index (χ1v) is 9.62. The Bertz CT molecular complexity index is 930. The fourth-order valence-corrected chi connectivity index (χ4v) is 5.40. The number of H-pyrrole nitrogens is 1. The Morgan fingerprint density at radius 1 is 1.25 bits per heavy atom. The van der Waals surface area contributed by atoms with Crippen molar-refractivity contribution in [3.63, 3.8) is 0 Å². The number of aromatic amines is 1. The molecule has 2 N–H and O–H groups in total. The van der Waals surface area contributed by atoms with E-state index in [0.29, 0.717) is 26.6 Å². The van der Waals surface area contributed by atoms with Crippen molar-refractivity contribution in [1.82, 2.24) is 15.5 Å². The maximum Gasteiger partial charge on any atom is 0.273 e. The maximum atomic E-state index is 14.5. The number of hydrogen-bond acceptors (Lipinski definition) is 5. The molecule has 0 aliphatic carbocycles. The summed E-state index contributed by atoms with van der Waals surface area (Å²) in [5, 5.41) is 9.24. The zero-order valence-electron chi connectivity index (χ0n) is 14.5. The molecule has 1 amide bonds. The topological polar surface area (TPSA) is 70.2 Å². The summed E-state index contributed by atoms with van der Waals surface area (Å²) in [4.78, 5) is 15.2. The minimum Gasteiger partial charge on any atom is -0.370 e. The van der Waals surface area contributed by atoms with Gasteiger partial charge in [0.25, 0.3) is 17.8 Å². The van der Waals surface area contributed by atoms with Gasteiger partial charge in [0.05, 0.1) is 30.6 Å². The van der Waals surface area contributed by atoms with Crippen LogP contribution in [-0.2, 0) is 11.2 Å².